The largest absolute Gasteiger partial charge is 0.326 e. The van der Waals surface area contributed by atoms with Crippen molar-refractivity contribution in [3.63, 3.8) is 0 Å². The summed E-state index contributed by atoms with van der Waals surface area (Å²) >= 11 is 0. The van der Waals surface area contributed by atoms with Crippen molar-refractivity contribution in [2.24, 2.45) is 0 Å². The van der Waals surface area contributed by atoms with E-state index in [2.05, 4.69) is 4.98 Å². The van der Waals surface area contributed by atoms with Gasteiger partial charge in [-0.15, -0.1) is 0 Å². The zero-order valence-corrected chi connectivity index (χ0v) is 8.03. The molecule has 0 amide bonds. The van der Waals surface area contributed by atoms with Crippen LogP contribution in [0.5, 0.6) is 0 Å². The summed E-state index contributed by atoms with van der Waals surface area (Å²) in [5.41, 5.74) is 0.320. The van der Waals surface area contributed by atoms with Gasteiger partial charge >= 0.3 is 5.69 Å². The molecule has 0 saturated heterocycles. The molecular weight excluding hydrogens is 180 g/mol. The first kappa shape index (κ1) is 9.24. The molecule has 14 heavy (non-hydrogen) atoms. The molecule has 0 aliphatic heterocycles. The van der Waals surface area contributed by atoms with Gasteiger partial charge in [0.2, 0.25) is 0 Å². The lowest BCUT2D eigenvalue weighted by Crippen LogP contribution is -2.25. The third-order valence-electron chi connectivity index (χ3n) is 2.90. The van der Waals surface area contributed by atoms with Crippen molar-refractivity contribution in [3.8, 4) is 0 Å². The number of hydrogen-bond acceptors (Lipinski definition) is 2. The first-order valence-electron chi connectivity index (χ1n) is 5.08. The lowest BCUT2D eigenvalue weighted by atomic mass is 9.95. The summed E-state index contributed by atoms with van der Waals surface area (Å²) in [5, 5.41) is 0. The highest BCUT2D eigenvalue weighted by atomic mass is 16.1. The topological polar surface area (TPSA) is 54.9 Å². The van der Waals surface area contributed by atoms with Crippen molar-refractivity contribution in [2.75, 3.05) is 0 Å². The third-order valence-corrected chi connectivity index (χ3v) is 2.90. The van der Waals surface area contributed by atoms with E-state index >= 15 is 0 Å². The Morgan fingerprint density at radius 1 is 1.36 bits per heavy atom. The molecular formula is C10H14N2O2. The highest BCUT2D eigenvalue weighted by molar-refractivity contribution is 5.71. The Bertz CT molecular complexity index is 372. The predicted octanol–water partition coefficient (Wildman–Crippen LogP) is 1.49. The van der Waals surface area contributed by atoms with Gasteiger partial charge < -0.3 is 4.98 Å². The number of aromatic amines is 1. The normalized spacial score (nSPS) is 18.3. The smallest absolute Gasteiger partial charge is 0.312 e. The van der Waals surface area contributed by atoms with E-state index in [9.17, 15) is 9.59 Å². The molecule has 1 N–H and O–H groups in total. The second-order valence-electron chi connectivity index (χ2n) is 3.80. The van der Waals surface area contributed by atoms with E-state index in [0.29, 0.717) is 5.69 Å². The number of nitrogens with zero attached hydrogens (tertiary/aromatic N) is 1. The van der Waals surface area contributed by atoms with Gasteiger partial charge in [-0.25, -0.2) is 4.79 Å². The van der Waals surface area contributed by atoms with Crippen LogP contribution in [0.4, 0.5) is 0 Å². The van der Waals surface area contributed by atoms with Crippen LogP contribution in [0.2, 0.25) is 0 Å². The number of aromatic nitrogens is 2. The van der Waals surface area contributed by atoms with Crippen LogP contribution in [-0.2, 0) is 0 Å². The lowest BCUT2D eigenvalue weighted by molar-refractivity contribution is 0.111. The minimum Gasteiger partial charge on any atom is -0.312 e. The molecule has 1 saturated carbocycles. The van der Waals surface area contributed by atoms with Gasteiger partial charge in [-0.2, -0.15) is 0 Å². The van der Waals surface area contributed by atoms with E-state index in [1.807, 2.05) is 0 Å². The van der Waals surface area contributed by atoms with Gasteiger partial charge in [0, 0.05) is 12.2 Å². The average Bonchev–Trinajstić information content (AvgIpc) is 2.61. The van der Waals surface area contributed by atoms with Crippen molar-refractivity contribution in [3.05, 3.63) is 22.4 Å². The number of carbonyl (C=O) groups excluding carboxylic acids is 1. The van der Waals surface area contributed by atoms with Crippen molar-refractivity contribution in [1.29, 1.82) is 0 Å². The van der Waals surface area contributed by atoms with Gasteiger partial charge in [-0.05, 0) is 12.8 Å². The van der Waals surface area contributed by atoms with E-state index in [4.69, 9.17) is 0 Å². The van der Waals surface area contributed by atoms with Crippen molar-refractivity contribution in [1.82, 2.24) is 9.55 Å². The Morgan fingerprint density at radius 3 is 2.71 bits per heavy atom. The Morgan fingerprint density at radius 2 is 2.07 bits per heavy atom. The van der Waals surface area contributed by atoms with Crippen LogP contribution >= 0.6 is 0 Å². The van der Waals surface area contributed by atoms with Crippen LogP contribution in [0.15, 0.2) is 11.0 Å². The minimum absolute atomic E-state index is 0.154. The fraction of sp³-hybridized carbons (Fsp3) is 0.600. The maximum atomic E-state index is 11.4. The van der Waals surface area contributed by atoms with Gasteiger partial charge in [0.1, 0.15) is 5.69 Å². The summed E-state index contributed by atoms with van der Waals surface area (Å²) in [5.74, 6) is 0. The summed E-state index contributed by atoms with van der Waals surface area (Å²) in [7, 11) is 0. The van der Waals surface area contributed by atoms with Gasteiger partial charge in [-0.3, -0.25) is 9.36 Å². The molecule has 0 unspecified atom stereocenters. The number of imidazole rings is 1. The van der Waals surface area contributed by atoms with E-state index < -0.39 is 0 Å². The van der Waals surface area contributed by atoms with E-state index in [1.54, 1.807) is 4.57 Å². The number of aldehydes is 1. The first-order valence-corrected chi connectivity index (χ1v) is 5.08. The number of carbonyl (C=O) groups is 1. The molecule has 0 aromatic carbocycles. The second-order valence-corrected chi connectivity index (χ2v) is 3.80. The summed E-state index contributed by atoms with van der Waals surface area (Å²) in [6.07, 6.45) is 7.81. The van der Waals surface area contributed by atoms with Crippen molar-refractivity contribution in [2.45, 2.75) is 38.1 Å². The minimum atomic E-state index is -0.154. The Kier molecular flexibility index (Phi) is 2.52. The fourth-order valence-electron chi connectivity index (χ4n) is 2.20. The molecule has 0 atom stereocenters. The molecule has 1 aromatic rings. The number of rotatable bonds is 2. The quantitative estimate of drug-likeness (QED) is 0.725. The molecule has 1 aliphatic carbocycles. The highest BCUT2D eigenvalue weighted by Gasteiger charge is 2.19. The molecule has 1 aromatic heterocycles. The first-order chi connectivity index (χ1) is 6.83. The Hall–Kier alpha value is -1.32. The van der Waals surface area contributed by atoms with Crippen LogP contribution in [0.25, 0.3) is 0 Å². The monoisotopic (exact) mass is 194 g/mol. The molecule has 0 radical (unpaired) electrons. The number of nitrogens with one attached hydrogen (secondary N) is 1. The number of hydrogen-bond donors (Lipinski definition) is 1. The van der Waals surface area contributed by atoms with Gasteiger partial charge in [-0.1, -0.05) is 19.3 Å². The summed E-state index contributed by atoms with van der Waals surface area (Å²) in [4.78, 5) is 24.7. The SMILES string of the molecule is O=Cc1c[nH]c(=O)n1C1CCCCC1. The van der Waals surface area contributed by atoms with Gasteiger partial charge in [0.25, 0.3) is 0 Å². The lowest BCUT2D eigenvalue weighted by Gasteiger charge is -2.22. The predicted molar refractivity (Wildman–Crippen MR) is 52.6 cm³/mol. The second kappa shape index (κ2) is 3.82. The van der Waals surface area contributed by atoms with Crippen LogP contribution in [0.1, 0.15) is 48.6 Å². The van der Waals surface area contributed by atoms with E-state index in [0.717, 1.165) is 32.0 Å². The van der Waals surface area contributed by atoms with Crippen LogP contribution in [-0.4, -0.2) is 15.8 Å². The van der Waals surface area contributed by atoms with Gasteiger partial charge in [0.15, 0.2) is 6.29 Å². The fourth-order valence-corrected chi connectivity index (χ4v) is 2.20. The molecule has 4 heteroatoms. The zero-order valence-electron chi connectivity index (χ0n) is 8.03. The zero-order chi connectivity index (χ0) is 9.97. The molecule has 1 heterocycles. The Balaban J connectivity index is 2.33. The molecule has 0 bridgehead atoms. The van der Waals surface area contributed by atoms with Crippen LogP contribution in [0, 0.1) is 0 Å². The molecule has 1 fully saturated rings. The van der Waals surface area contributed by atoms with E-state index in [1.165, 1.54) is 12.6 Å². The van der Waals surface area contributed by atoms with E-state index in [-0.39, 0.29) is 11.7 Å². The summed E-state index contributed by atoms with van der Waals surface area (Å²) in [6.45, 7) is 0. The Labute approximate surface area is 81.9 Å². The maximum absolute atomic E-state index is 11.4. The van der Waals surface area contributed by atoms with Crippen LogP contribution < -0.4 is 5.69 Å². The molecule has 1 aliphatic rings. The average molecular weight is 194 g/mol. The number of H-pyrrole nitrogens is 1. The molecule has 2 rings (SSSR count). The van der Waals surface area contributed by atoms with Crippen LogP contribution in [0.3, 0.4) is 0 Å². The highest BCUT2D eigenvalue weighted by Crippen LogP contribution is 2.27. The summed E-state index contributed by atoms with van der Waals surface area (Å²) in [6, 6.07) is 0.225. The molecule has 0 spiro atoms. The maximum Gasteiger partial charge on any atom is 0.326 e. The standard InChI is InChI=1S/C10H14N2O2/c13-7-9-6-11-10(14)12(9)8-4-2-1-3-5-8/h6-8H,1-5H2,(H,11,14). The van der Waals surface area contributed by atoms with Crippen molar-refractivity contribution < 1.29 is 4.79 Å². The molecule has 76 valence electrons. The third kappa shape index (κ3) is 1.52. The summed E-state index contributed by atoms with van der Waals surface area (Å²) < 4.78 is 1.60. The van der Waals surface area contributed by atoms with Crippen molar-refractivity contribution >= 4 is 6.29 Å². The molecule has 4 nitrogen and oxygen atoms in total. The van der Waals surface area contributed by atoms with Gasteiger partial charge in [0.05, 0.1) is 0 Å².